The van der Waals surface area contributed by atoms with Crippen LogP contribution in [-0.2, 0) is 16.1 Å². The van der Waals surface area contributed by atoms with Crippen molar-refractivity contribution in [3.63, 3.8) is 0 Å². The number of carbonyl (C=O) groups excluding carboxylic acids is 2. The Balaban J connectivity index is 2.98. The van der Waals surface area contributed by atoms with Gasteiger partial charge in [-0.2, -0.15) is 0 Å². The van der Waals surface area contributed by atoms with E-state index in [9.17, 15) is 9.59 Å². The maximum absolute atomic E-state index is 12.5. The Labute approximate surface area is 140 Å². The summed E-state index contributed by atoms with van der Waals surface area (Å²) in [5.41, 5.74) is 1.89. The molecule has 1 unspecified atom stereocenters. The highest BCUT2D eigenvalue weighted by atomic mass is 16.2. The van der Waals surface area contributed by atoms with Crippen molar-refractivity contribution in [2.45, 2.75) is 72.5 Å². The zero-order chi connectivity index (χ0) is 17.6. The van der Waals surface area contributed by atoms with Crippen molar-refractivity contribution >= 4 is 11.8 Å². The first-order valence-electron chi connectivity index (χ1n) is 8.31. The summed E-state index contributed by atoms with van der Waals surface area (Å²) in [4.78, 5) is 26.7. The Kier molecular flexibility index (Phi) is 6.79. The first kappa shape index (κ1) is 19.2. The largest absolute Gasteiger partial charge is 0.350 e. The Morgan fingerprint density at radius 1 is 1.22 bits per heavy atom. The molecule has 4 heteroatoms. The summed E-state index contributed by atoms with van der Waals surface area (Å²) in [6.45, 7) is 12.1. The molecule has 0 aliphatic rings. The zero-order valence-corrected chi connectivity index (χ0v) is 15.3. The van der Waals surface area contributed by atoms with E-state index >= 15 is 0 Å². The molecule has 0 bridgehead atoms. The van der Waals surface area contributed by atoms with E-state index in [1.807, 2.05) is 58.9 Å². The number of benzene rings is 1. The van der Waals surface area contributed by atoms with Crippen LogP contribution >= 0.6 is 0 Å². The van der Waals surface area contributed by atoms with Gasteiger partial charge in [-0.05, 0) is 52.2 Å². The third kappa shape index (κ3) is 6.05. The molecule has 0 radical (unpaired) electrons. The molecule has 0 spiro atoms. The molecule has 1 rings (SSSR count). The van der Waals surface area contributed by atoms with Crippen molar-refractivity contribution in [2.75, 3.05) is 0 Å². The lowest BCUT2D eigenvalue weighted by atomic mass is 10.1. The molecule has 23 heavy (non-hydrogen) atoms. The van der Waals surface area contributed by atoms with Gasteiger partial charge in [-0.25, -0.2) is 0 Å². The van der Waals surface area contributed by atoms with Crippen LogP contribution in [0.3, 0.4) is 0 Å². The minimum absolute atomic E-state index is 0.0207. The van der Waals surface area contributed by atoms with Crippen LogP contribution in [0.1, 0.15) is 58.6 Å². The molecule has 1 N–H and O–H groups in total. The molecule has 0 saturated carbocycles. The topological polar surface area (TPSA) is 49.4 Å². The number of nitrogens with one attached hydrogen (secondary N) is 1. The number of rotatable bonds is 6. The van der Waals surface area contributed by atoms with Gasteiger partial charge in [0.25, 0.3) is 0 Å². The smallest absolute Gasteiger partial charge is 0.242 e. The summed E-state index contributed by atoms with van der Waals surface area (Å²) in [6.07, 6.45) is 1.23. The van der Waals surface area contributed by atoms with Gasteiger partial charge in [-0.1, -0.05) is 31.2 Å². The SMILES string of the molecule is CCCC(=O)N(Cc1ccccc1C)C(C)C(=O)NC(C)(C)C. The molecule has 0 heterocycles. The molecule has 0 aliphatic carbocycles. The first-order chi connectivity index (χ1) is 10.7. The minimum Gasteiger partial charge on any atom is -0.350 e. The lowest BCUT2D eigenvalue weighted by molar-refractivity contribution is -0.141. The average molecular weight is 318 g/mol. The van der Waals surface area contributed by atoms with Crippen LogP contribution in [0, 0.1) is 6.92 Å². The van der Waals surface area contributed by atoms with E-state index in [1.165, 1.54) is 0 Å². The summed E-state index contributed by atoms with van der Waals surface area (Å²) in [5.74, 6) is -0.0946. The molecule has 0 aromatic heterocycles. The van der Waals surface area contributed by atoms with Crippen LogP contribution in [-0.4, -0.2) is 28.3 Å². The van der Waals surface area contributed by atoms with Crippen molar-refractivity contribution < 1.29 is 9.59 Å². The second-order valence-electron chi connectivity index (χ2n) is 7.11. The minimum atomic E-state index is -0.493. The highest BCUT2D eigenvalue weighted by molar-refractivity contribution is 5.87. The molecule has 0 saturated heterocycles. The number of aryl methyl sites for hydroxylation is 1. The molecule has 1 aromatic rings. The molecule has 128 valence electrons. The second kappa shape index (κ2) is 8.14. The third-order valence-corrected chi connectivity index (χ3v) is 3.73. The van der Waals surface area contributed by atoms with Crippen LogP contribution in [0.15, 0.2) is 24.3 Å². The second-order valence-corrected chi connectivity index (χ2v) is 7.11. The van der Waals surface area contributed by atoms with Crippen molar-refractivity contribution in [2.24, 2.45) is 0 Å². The average Bonchev–Trinajstić information content (AvgIpc) is 2.44. The molecule has 4 nitrogen and oxygen atoms in total. The van der Waals surface area contributed by atoms with E-state index in [2.05, 4.69) is 5.32 Å². The standard InChI is InChI=1S/C19H30N2O2/c1-7-10-17(22)21(13-16-12-9-8-11-14(16)2)15(3)18(23)20-19(4,5)6/h8-9,11-12,15H,7,10,13H2,1-6H3,(H,20,23). The van der Waals surface area contributed by atoms with Gasteiger partial charge in [0, 0.05) is 18.5 Å². The van der Waals surface area contributed by atoms with E-state index < -0.39 is 6.04 Å². The lowest BCUT2D eigenvalue weighted by Crippen LogP contribution is -2.52. The highest BCUT2D eigenvalue weighted by Crippen LogP contribution is 2.15. The maximum atomic E-state index is 12.5. The van der Waals surface area contributed by atoms with E-state index in [1.54, 1.807) is 11.8 Å². The molecule has 1 atom stereocenters. The maximum Gasteiger partial charge on any atom is 0.242 e. The van der Waals surface area contributed by atoms with Gasteiger partial charge in [0.15, 0.2) is 0 Å². The molecule has 0 aliphatic heterocycles. The summed E-state index contributed by atoms with van der Waals surface area (Å²) in [5, 5.41) is 2.96. The quantitative estimate of drug-likeness (QED) is 0.873. The number of carbonyl (C=O) groups is 2. The van der Waals surface area contributed by atoms with Gasteiger partial charge >= 0.3 is 0 Å². The summed E-state index contributed by atoms with van der Waals surface area (Å²) in [6, 6.07) is 7.48. The molecule has 0 fully saturated rings. The third-order valence-electron chi connectivity index (χ3n) is 3.73. The number of amides is 2. The fourth-order valence-corrected chi connectivity index (χ4v) is 2.39. The lowest BCUT2D eigenvalue weighted by Gasteiger charge is -2.31. The normalized spacial score (nSPS) is 12.6. The monoisotopic (exact) mass is 318 g/mol. The fourth-order valence-electron chi connectivity index (χ4n) is 2.39. The molecular weight excluding hydrogens is 288 g/mol. The molecular formula is C19H30N2O2. The molecule has 1 aromatic carbocycles. The van der Waals surface area contributed by atoms with Crippen LogP contribution in [0.25, 0.3) is 0 Å². The fraction of sp³-hybridized carbons (Fsp3) is 0.579. The van der Waals surface area contributed by atoms with Crippen molar-refractivity contribution in [3.8, 4) is 0 Å². The van der Waals surface area contributed by atoms with Crippen LogP contribution in [0.5, 0.6) is 0 Å². The molecule has 2 amide bonds. The zero-order valence-electron chi connectivity index (χ0n) is 15.3. The van der Waals surface area contributed by atoms with Gasteiger partial charge in [0.1, 0.15) is 6.04 Å². The Bertz CT molecular complexity index is 547. The van der Waals surface area contributed by atoms with Crippen LogP contribution < -0.4 is 5.32 Å². The predicted octanol–water partition coefficient (Wildman–Crippen LogP) is 3.43. The van der Waals surface area contributed by atoms with Gasteiger partial charge in [-0.3, -0.25) is 9.59 Å². The number of hydrogen-bond acceptors (Lipinski definition) is 2. The predicted molar refractivity (Wildman–Crippen MR) is 94.0 cm³/mol. The number of nitrogens with zero attached hydrogens (tertiary/aromatic N) is 1. The summed E-state index contributed by atoms with van der Waals surface area (Å²) >= 11 is 0. The van der Waals surface area contributed by atoms with E-state index in [-0.39, 0.29) is 17.4 Å². The van der Waals surface area contributed by atoms with Crippen LogP contribution in [0.4, 0.5) is 0 Å². The first-order valence-corrected chi connectivity index (χ1v) is 8.31. The Morgan fingerprint density at radius 2 is 1.83 bits per heavy atom. The highest BCUT2D eigenvalue weighted by Gasteiger charge is 2.28. The summed E-state index contributed by atoms with van der Waals surface area (Å²) < 4.78 is 0. The number of hydrogen-bond donors (Lipinski definition) is 1. The van der Waals surface area contributed by atoms with Gasteiger partial charge in [0.2, 0.25) is 11.8 Å². The van der Waals surface area contributed by atoms with Gasteiger partial charge in [-0.15, -0.1) is 0 Å². The summed E-state index contributed by atoms with van der Waals surface area (Å²) in [7, 11) is 0. The van der Waals surface area contributed by atoms with E-state index in [0.29, 0.717) is 13.0 Å². The van der Waals surface area contributed by atoms with Crippen molar-refractivity contribution in [3.05, 3.63) is 35.4 Å². The van der Waals surface area contributed by atoms with E-state index in [4.69, 9.17) is 0 Å². The Hall–Kier alpha value is -1.84. The van der Waals surface area contributed by atoms with Gasteiger partial charge in [0.05, 0.1) is 0 Å². The van der Waals surface area contributed by atoms with Crippen molar-refractivity contribution in [1.82, 2.24) is 10.2 Å². The van der Waals surface area contributed by atoms with Gasteiger partial charge < -0.3 is 10.2 Å². The van der Waals surface area contributed by atoms with Crippen molar-refractivity contribution in [1.29, 1.82) is 0 Å². The Morgan fingerprint density at radius 3 is 2.35 bits per heavy atom. The van der Waals surface area contributed by atoms with Crippen LogP contribution in [0.2, 0.25) is 0 Å². The van der Waals surface area contributed by atoms with E-state index in [0.717, 1.165) is 17.5 Å².